The molecule has 1 atom stereocenters. The molecule has 0 bridgehead atoms. The lowest BCUT2D eigenvalue weighted by Gasteiger charge is -2.20. The molecular weight excluding hydrogens is 276 g/mol. The second-order valence-corrected chi connectivity index (χ2v) is 6.73. The van der Waals surface area contributed by atoms with Gasteiger partial charge in [0.2, 0.25) is 0 Å². The van der Waals surface area contributed by atoms with Crippen LogP contribution in [0.15, 0.2) is 41.3 Å². The van der Waals surface area contributed by atoms with E-state index in [1.165, 1.54) is 32.7 Å². The van der Waals surface area contributed by atoms with Crippen LogP contribution in [0.4, 0.5) is 0 Å². The number of hydrazine groups is 1. The van der Waals surface area contributed by atoms with Crippen LogP contribution in [0, 0.1) is 27.7 Å². The molecule has 2 nitrogen and oxygen atoms in total. The molecule has 0 radical (unpaired) electrons. The molecule has 0 amide bonds. The maximum atomic E-state index is 5.79. The minimum atomic E-state index is 0.163. The molecule has 112 valence electrons. The standard InChI is InChI=1S/C18H24N2S/c1-12-5-7-16(8-6-12)21-11-18(20-19)17-10-14(3)13(2)9-15(17)4/h5-10,18,20H,11,19H2,1-4H3. The molecule has 3 heteroatoms. The van der Waals surface area contributed by atoms with Gasteiger partial charge in [-0.15, -0.1) is 11.8 Å². The zero-order valence-corrected chi connectivity index (χ0v) is 14.1. The third kappa shape index (κ3) is 4.10. The van der Waals surface area contributed by atoms with E-state index in [1.807, 2.05) is 11.8 Å². The van der Waals surface area contributed by atoms with E-state index >= 15 is 0 Å². The van der Waals surface area contributed by atoms with Crippen molar-refractivity contribution in [3.63, 3.8) is 0 Å². The highest BCUT2D eigenvalue weighted by molar-refractivity contribution is 7.99. The normalized spacial score (nSPS) is 12.4. The SMILES string of the molecule is Cc1ccc(SCC(NN)c2cc(C)c(C)cc2C)cc1. The van der Waals surface area contributed by atoms with E-state index in [0.29, 0.717) is 0 Å². The van der Waals surface area contributed by atoms with Crippen LogP contribution in [0.1, 0.15) is 33.9 Å². The van der Waals surface area contributed by atoms with Gasteiger partial charge in [-0.3, -0.25) is 11.3 Å². The van der Waals surface area contributed by atoms with Gasteiger partial charge in [0.05, 0.1) is 6.04 Å². The second kappa shape index (κ2) is 7.12. The van der Waals surface area contributed by atoms with Crippen LogP contribution in [-0.4, -0.2) is 5.75 Å². The molecule has 3 N–H and O–H groups in total. The van der Waals surface area contributed by atoms with Crippen molar-refractivity contribution >= 4 is 11.8 Å². The van der Waals surface area contributed by atoms with E-state index in [4.69, 9.17) is 5.84 Å². The molecule has 0 aliphatic heterocycles. The highest BCUT2D eigenvalue weighted by atomic mass is 32.2. The van der Waals surface area contributed by atoms with Crippen molar-refractivity contribution < 1.29 is 0 Å². The van der Waals surface area contributed by atoms with Crippen LogP contribution in [-0.2, 0) is 0 Å². The predicted octanol–water partition coefficient (Wildman–Crippen LogP) is 4.22. The summed E-state index contributed by atoms with van der Waals surface area (Å²) in [5.74, 6) is 6.71. The monoisotopic (exact) mass is 300 g/mol. The number of benzene rings is 2. The summed E-state index contributed by atoms with van der Waals surface area (Å²) in [7, 11) is 0. The van der Waals surface area contributed by atoms with E-state index in [0.717, 1.165) is 5.75 Å². The van der Waals surface area contributed by atoms with Crippen LogP contribution in [0.25, 0.3) is 0 Å². The van der Waals surface area contributed by atoms with Gasteiger partial charge in [0.25, 0.3) is 0 Å². The van der Waals surface area contributed by atoms with Crippen molar-refractivity contribution in [2.75, 3.05) is 5.75 Å². The summed E-state index contributed by atoms with van der Waals surface area (Å²) in [5, 5.41) is 0. The quantitative estimate of drug-likeness (QED) is 0.493. The van der Waals surface area contributed by atoms with Gasteiger partial charge in [-0.05, 0) is 62.1 Å². The van der Waals surface area contributed by atoms with Crippen molar-refractivity contribution in [3.8, 4) is 0 Å². The Kier molecular flexibility index (Phi) is 5.45. The maximum Gasteiger partial charge on any atom is 0.0556 e. The fourth-order valence-corrected chi connectivity index (χ4v) is 3.36. The number of rotatable bonds is 5. The lowest BCUT2D eigenvalue weighted by atomic mass is 9.97. The van der Waals surface area contributed by atoms with Gasteiger partial charge in [0.15, 0.2) is 0 Å². The number of nitrogens with one attached hydrogen (secondary N) is 1. The minimum Gasteiger partial charge on any atom is -0.271 e. The van der Waals surface area contributed by atoms with Crippen LogP contribution in [0.5, 0.6) is 0 Å². The number of thioether (sulfide) groups is 1. The van der Waals surface area contributed by atoms with Crippen molar-refractivity contribution in [3.05, 3.63) is 64.2 Å². The number of hydrogen-bond donors (Lipinski definition) is 2. The molecule has 0 aromatic heterocycles. The number of aryl methyl sites for hydroxylation is 4. The topological polar surface area (TPSA) is 38.0 Å². The summed E-state index contributed by atoms with van der Waals surface area (Å²) in [6.07, 6.45) is 0. The maximum absolute atomic E-state index is 5.79. The molecule has 21 heavy (non-hydrogen) atoms. The lowest BCUT2D eigenvalue weighted by molar-refractivity contribution is 0.607. The average molecular weight is 300 g/mol. The summed E-state index contributed by atoms with van der Waals surface area (Å²) in [5.41, 5.74) is 9.49. The number of hydrogen-bond acceptors (Lipinski definition) is 3. The van der Waals surface area contributed by atoms with Crippen LogP contribution in [0.3, 0.4) is 0 Å². The molecule has 1 unspecified atom stereocenters. The molecule has 2 rings (SSSR count). The van der Waals surface area contributed by atoms with Gasteiger partial charge in [0.1, 0.15) is 0 Å². The lowest BCUT2D eigenvalue weighted by Crippen LogP contribution is -2.30. The van der Waals surface area contributed by atoms with Gasteiger partial charge in [-0.1, -0.05) is 29.8 Å². The summed E-state index contributed by atoms with van der Waals surface area (Å²) >= 11 is 1.83. The van der Waals surface area contributed by atoms with Gasteiger partial charge in [0, 0.05) is 10.6 Å². The Bertz CT molecular complexity index is 605. The van der Waals surface area contributed by atoms with Crippen molar-refractivity contribution in [1.82, 2.24) is 5.43 Å². The van der Waals surface area contributed by atoms with Gasteiger partial charge >= 0.3 is 0 Å². The summed E-state index contributed by atoms with van der Waals surface area (Å²) < 4.78 is 0. The van der Waals surface area contributed by atoms with Gasteiger partial charge in [-0.2, -0.15) is 0 Å². The fourth-order valence-electron chi connectivity index (χ4n) is 2.40. The smallest absolute Gasteiger partial charge is 0.0556 e. The third-order valence-corrected chi connectivity index (χ3v) is 5.00. The average Bonchev–Trinajstić information content (AvgIpc) is 2.46. The first-order valence-electron chi connectivity index (χ1n) is 7.24. The molecule has 2 aromatic carbocycles. The first kappa shape index (κ1) is 16.1. The van der Waals surface area contributed by atoms with Crippen LogP contribution >= 0.6 is 11.8 Å². The molecule has 0 aliphatic rings. The van der Waals surface area contributed by atoms with Gasteiger partial charge in [-0.25, -0.2) is 0 Å². The Morgan fingerprint density at radius 1 is 0.952 bits per heavy atom. The highest BCUT2D eigenvalue weighted by Crippen LogP contribution is 2.27. The Balaban J connectivity index is 2.13. The van der Waals surface area contributed by atoms with E-state index in [1.54, 1.807) is 0 Å². The molecule has 0 spiro atoms. The molecule has 0 saturated heterocycles. The zero-order chi connectivity index (χ0) is 15.4. The Labute approximate surface area is 132 Å². The van der Waals surface area contributed by atoms with E-state index in [-0.39, 0.29) is 6.04 Å². The number of nitrogens with two attached hydrogens (primary N) is 1. The molecule has 0 saturated carbocycles. The Morgan fingerprint density at radius 2 is 1.57 bits per heavy atom. The minimum absolute atomic E-state index is 0.163. The Morgan fingerprint density at radius 3 is 2.19 bits per heavy atom. The largest absolute Gasteiger partial charge is 0.271 e. The van der Waals surface area contributed by atoms with E-state index in [9.17, 15) is 0 Å². The first-order chi connectivity index (χ1) is 10.0. The van der Waals surface area contributed by atoms with Gasteiger partial charge < -0.3 is 0 Å². The zero-order valence-electron chi connectivity index (χ0n) is 13.2. The molecular formula is C18H24N2S. The van der Waals surface area contributed by atoms with Crippen molar-refractivity contribution in [2.45, 2.75) is 38.6 Å². The second-order valence-electron chi connectivity index (χ2n) is 5.64. The Hall–Kier alpha value is -1.29. The van der Waals surface area contributed by atoms with E-state index in [2.05, 4.69) is 69.5 Å². The van der Waals surface area contributed by atoms with Crippen molar-refractivity contribution in [1.29, 1.82) is 0 Å². The van der Waals surface area contributed by atoms with Crippen LogP contribution in [0.2, 0.25) is 0 Å². The predicted molar refractivity (Wildman–Crippen MR) is 92.6 cm³/mol. The summed E-state index contributed by atoms with van der Waals surface area (Å²) in [4.78, 5) is 1.28. The summed E-state index contributed by atoms with van der Waals surface area (Å²) in [6, 6.07) is 13.3. The molecule has 0 heterocycles. The highest BCUT2D eigenvalue weighted by Gasteiger charge is 2.14. The van der Waals surface area contributed by atoms with Crippen LogP contribution < -0.4 is 11.3 Å². The third-order valence-electron chi connectivity index (χ3n) is 3.90. The summed E-state index contributed by atoms with van der Waals surface area (Å²) in [6.45, 7) is 8.57. The van der Waals surface area contributed by atoms with Crippen molar-refractivity contribution in [2.24, 2.45) is 5.84 Å². The fraction of sp³-hybridized carbons (Fsp3) is 0.333. The van der Waals surface area contributed by atoms with E-state index < -0.39 is 0 Å². The molecule has 0 fully saturated rings. The molecule has 2 aromatic rings. The molecule has 0 aliphatic carbocycles. The first-order valence-corrected chi connectivity index (χ1v) is 8.23.